The third-order valence-electron chi connectivity index (χ3n) is 3.11. The van der Waals surface area contributed by atoms with E-state index in [0.29, 0.717) is 10.2 Å². The van der Waals surface area contributed by atoms with Crippen LogP contribution in [0.5, 0.6) is 0 Å². The van der Waals surface area contributed by atoms with Crippen LogP contribution in [-0.2, 0) is 0 Å². The van der Waals surface area contributed by atoms with Gasteiger partial charge in [0.1, 0.15) is 11.9 Å². The van der Waals surface area contributed by atoms with Crippen LogP contribution in [0.3, 0.4) is 0 Å². The molecule has 0 amide bonds. The molecule has 1 heterocycles. The maximum Gasteiger partial charge on any atom is 0.130 e. The van der Waals surface area contributed by atoms with Crippen molar-refractivity contribution in [1.82, 2.24) is 15.0 Å². The number of aromatic nitrogens is 3. The van der Waals surface area contributed by atoms with Crippen LogP contribution in [0, 0.1) is 5.82 Å². The lowest BCUT2D eigenvalue weighted by molar-refractivity contribution is 0.206. The Hall–Kier alpha value is -2.05. The molecule has 3 rings (SSSR count). The quantitative estimate of drug-likeness (QED) is 0.791. The van der Waals surface area contributed by atoms with E-state index in [0.717, 1.165) is 5.69 Å². The molecule has 6 heteroatoms. The van der Waals surface area contributed by atoms with Crippen LogP contribution in [0.15, 0.2) is 59.2 Å². The van der Waals surface area contributed by atoms with Gasteiger partial charge >= 0.3 is 0 Å². The highest BCUT2D eigenvalue weighted by Gasteiger charge is 2.20. The first-order valence-corrected chi connectivity index (χ1v) is 7.05. The third-order valence-corrected chi connectivity index (χ3v) is 3.61. The Balaban J connectivity index is 2.03. The molecule has 1 N–H and O–H groups in total. The first kappa shape index (κ1) is 13.9. The maximum atomic E-state index is 14.0. The largest absolute Gasteiger partial charge is 0.382 e. The first-order valence-electron chi connectivity index (χ1n) is 6.26. The summed E-state index contributed by atoms with van der Waals surface area (Å²) >= 11 is 3.19. The number of aliphatic hydroxyl groups is 1. The summed E-state index contributed by atoms with van der Waals surface area (Å²) < 4.78 is 16.1. The van der Waals surface area contributed by atoms with Gasteiger partial charge in [-0.05, 0) is 24.3 Å². The van der Waals surface area contributed by atoms with E-state index < -0.39 is 11.9 Å². The molecule has 0 aliphatic rings. The lowest BCUT2D eigenvalue weighted by Gasteiger charge is -2.13. The number of nitrogens with zero attached hydrogens (tertiary/aromatic N) is 3. The van der Waals surface area contributed by atoms with Crippen LogP contribution >= 0.6 is 15.9 Å². The van der Waals surface area contributed by atoms with Crippen molar-refractivity contribution in [2.45, 2.75) is 6.10 Å². The van der Waals surface area contributed by atoms with Crippen molar-refractivity contribution >= 4 is 15.9 Å². The molecule has 106 valence electrons. The molecule has 0 spiro atoms. The molecule has 0 bridgehead atoms. The van der Waals surface area contributed by atoms with E-state index in [1.165, 1.54) is 23.0 Å². The van der Waals surface area contributed by atoms with Crippen molar-refractivity contribution in [3.8, 4) is 5.69 Å². The minimum atomic E-state index is -1.15. The molecule has 0 radical (unpaired) electrons. The van der Waals surface area contributed by atoms with Gasteiger partial charge in [0.05, 0.1) is 17.6 Å². The fourth-order valence-corrected chi connectivity index (χ4v) is 2.42. The predicted molar refractivity (Wildman–Crippen MR) is 79.5 cm³/mol. The third kappa shape index (κ3) is 2.72. The van der Waals surface area contributed by atoms with Gasteiger partial charge in [-0.1, -0.05) is 45.4 Å². The fraction of sp³-hybridized carbons (Fsp3) is 0.0667. The number of hydrogen-bond acceptors (Lipinski definition) is 3. The minimum absolute atomic E-state index is 0.178. The van der Waals surface area contributed by atoms with Crippen LogP contribution in [0.25, 0.3) is 5.69 Å². The van der Waals surface area contributed by atoms with Gasteiger partial charge in [0.15, 0.2) is 0 Å². The Bertz CT molecular complexity index is 761. The molecule has 0 saturated carbocycles. The summed E-state index contributed by atoms with van der Waals surface area (Å²) in [6.07, 6.45) is 0.285. The fourth-order valence-electron chi connectivity index (χ4n) is 2.08. The molecule has 21 heavy (non-hydrogen) atoms. The molecular formula is C15H11BrFN3O. The lowest BCUT2D eigenvalue weighted by atomic mass is 10.1. The first-order chi connectivity index (χ1) is 10.2. The summed E-state index contributed by atoms with van der Waals surface area (Å²) in [4.78, 5) is 0. The average Bonchev–Trinajstić information content (AvgIpc) is 2.97. The normalized spacial score (nSPS) is 12.3. The monoisotopic (exact) mass is 347 g/mol. The van der Waals surface area contributed by atoms with Crippen molar-refractivity contribution in [2.24, 2.45) is 0 Å². The second kappa shape index (κ2) is 5.75. The topological polar surface area (TPSA) is 50.9 Å². The second-order valence-corrected chi connectivity index (χ2v) is 5.39. The van der Waals surface area contributed by atoms with Crippen LogP contribution in [-0.4, -0.2) is 20.1 Å². The zero-order valence-electron chi connectivity index (χ0n) is 10.8. The number of halogens is 2. The van der Waals surface area contributed by atoms with E-state index in [9.17, 15) is 9.50 Å². The van der Waals surface area contributed by atoms with Gasteiger partial charge in [0, 0.05) is 10.0 Å². The van der Waals surface area contributed by atoms with Crippen molar-refractivity contribution < 1.29 is 9.50 Å². The zero-order valence-corrected chi connectivity index (χ0v) is 12.4. The molecule has 4 nitrogen and oxygen atoms in total. The molecule has 2 aromatic carbocycles. The smallest absolute Gasteiger partial charge is 0.130 e. The molecule has 0 fully saturated rings. The van der Waals surface area contributed by atoms with Gasteiger partial charge in [-0.15, -0.1) is 5.10 Å². The van der Waals surface area contributed by atoms with E-state index in [2.05, 4.69) is 26.2 Å². The predicted octanol–water partition coefficient (Wildman–Crippen LogP) is 3.25. The summed E-state index contributed by atoms with van der Waals surface area (Å²) in [7, 11) is 0. The van der Waals surface area contributed by atoms with Crippen LogP contribution in [0.2, 0.25) is 0 Å². The van der Waals surface area contributed by atoms with Gasteiger partial charge in [-0.2, -0.15) is 0 Å². The number of para-hydroxylation sites is 1. The van der Waals surface area contributed by atoms with Crippen LogP contribution in [0.4, 0.5) is 4.39 Å². The van der Waals surface area contributed by atoms with Crippen molar-refractivity contribution in [3.05, 3.63) is 76.3 Å². The Labute approximate surface area is 129 Å². The van der Waals surface area contributed by atoms with E-state index >= 15 is 0 Å². The Morgan fingerprint density at radius 2 is 1.90 bits per heavy atom. The highest BCUT2D eigenvalue weighted by Crippen LogP contribution is 2.27. The molecule has 1 unspecified atom stereocenters. The van der Waals surface area contributed by atoms with E-state index in [-0.39, 0.29) is 5.56 Å². The Morgan fingerprint density at radius 1 is 1.14 bits per heavy atom. The molecule has 3 aromatic rings. The Morgan fingerprint density at radius 3 is 2.62 bits per heavy atom. The highest BCUT2D eigenvalue weighted by atomic mass is 79.9. The van der Waals surface area contributed by atoms with Crippen molar-refractivity contribution in [2.75, 3.05) is 0 Å². The van der Waals surface area contributed by atoms with Crippen molar-refractivity contribution in [3.63, 3.8) is 0 Å². The number of aliphatic hydroxyl groups excluding tert-OH is 1. The zero-order chi connectivity index (χ0) is 14.8. The summed E-state index contributed by atoms with van der Waals surface area (Å²) in [5, 5.41) is 18.2. The van der Waals surface area contributed by atoms with Crippen molar-refractivity contribution in [1.29, 1.82) is 0 Å². The Kier molecular flexibility index (Phi) is 3.81. The van der Waals surface area contributed by atoms with E-state index in [4.69, 9.17) is 0 Å². The van der Waals surface area contributed by atoms with Gasteiger partial charge in [0.25, 0.3) is 0 Å². The maximum absolute atomic E-state index is 14.0. The lowest BCUT2D eigenvalue weighted by Crippen LogP contribution is -2.10. The molecule has 0 aliphatic carbocycles. The summed E-state index contributed by atoms with van der Waals surface area (Å²) in [6.45, 7) is 0. The average molecular weight is 348 g/mol. The number of hydrogen-bond donors (Lipinski definition) is 1. The molecule has 1 aromatic heterocycles. The van der Waals surface area contributed by atoms with Crippen LogP contribution in [0.1, 0.15) is 17.4 Å². The van der Waals surface area contributed by atoms with E-state index in [1.54, 1.807) is 6.07 Å². The summed E-state index contributed by atoms with van der Waals surface area (Å²) in [6, 6.07) is 13.8. The highest BCUT2D eigenvalue weighted by molar-refractivity contribution is 9.10. The van der Waals surface area contributed by atoms with Gasteiger partial charge in [0.2, 0.25) is 0 Å². The second-order valence-electron chi connectivity index (χ2n) is 4.47. The van der Waals surface area contributed by atoms with E-state index in [1.807, 2.05) is 30.3 Å². The molecule has 0 saturated heterocycles. The molecule has 1 atom stereocenters. The number of rotatable bonds is 3. The SMILES string of the molecule is OC(c1ccc(Br)cc1F)c1cnnn1-c1ccccc1. The molecule has 0 aliphatic heterocycles. The van der Waals surface area contributed by atoms with Crippen LogP contribution < -0.4 is 0 Å². The number of benzene rings is 2. The standard InChI is InChI=1S/C15H11BrFN3O/c16-10-6-7-12(13(17)8-10)15(21)14-9-18-19-20(14)11-4-2-1-3-5-11/h1-9,15,21H. The summed E-state index contributed by atoms with van der Waals surface area (Å²) in [5.41, 5.74) is 1.33. The summed E-state index contributed by atoms with van der Waals surface area (Å²) in [5.74, 6) is -0.488. The van der Waals surface area contributed by atoms with Gasteiger partial charge in [-0.25, -0.2) is 9.07 Å². The van der Waals surface area contributed by atoms with Gasteiger partial charge in [-0.3, -0.25) is 0 Å². The molecular weight excluding hydrogens is 337 g/mol. The van der Waals surface area contributed by atoms with Gasteiger partial charge < -0.3 is 5.11 Å². The minimum Gasteiger partial charge on any atom is -0.382 e.